The molecule has 0 aliphatic carbocycles. The molecule has 0 saturated heterocycles. The van der Waals surface area contributed by atoms with Crippen molar-refractivity contribution in [3.8, 4) is 0 Å². The Labute approximate surface area is 68.4 Å². The molecule has 0 saturated carbocycles. The third-order valence-corrected chi connectivity index (χ3v) is 3.08. The van der Waals surface area contributed by atoms with Gasteiger partial charge < -0.3 is 5.32 Å². The van der Waals surface area contributed by atoms with Gasteiger partial charge in [-0.25, -0.2) is 8.42 Å². The minimum absolute atomic E-state index is 0.317. The molecule has 1 atom stereocenters. The van der Waals surface area contributed by atoms with Gasteiger partial charge in [-0.15, -0.1) is 6.58 Å². The van der Waals surface area contributed by atoms with E-state index in [4.69, 9.17) is 0 Å². The summed E-state index contributed by atoms with van der Waals surface area (Å²) in [7, 11) is -2.88. The van der Waals surface area contributed by atoms with E-state index in [1.807, 2.05) is 0 Å². The summed E-state index contributed by atoms with van der Waals surface area (Å²) < 4.78 is 21.7. The van der Waals surface area contributed by atoms with Gasteiger partial charge in [0.05, 0.1) is 5.25 Å². The lowest BCUT2D eigenvalue weighted by molar-refractivity contribution is 0.582. The van der Waals surface area contributed by atoms with Crippen LogP contribution in [0.3, 0.4) is 0 Å². The highest BCUT2D eigenvalue weighted by atomic mass is 32.2. The van der Waals surface area contributed by atoms with Crippen LogP contribution in [0.25, 0.3) is 0 Å². The molecule has 3 nitrogen and oxygen atoms in total. The zero-order valence-corrected chi connectivity index (χ0v) is 7.82. The third kappa shape index (κ3) is 4.98. The van der Waals surface area contributed by atoms with Crippen LogP contribution in [0.1, 0.15) is 6.92 Å². The van der Waals surface area contributed by atoms with E-state index in [9.17, 15) is 8.42 Å². The van der Waals surface area contributed by atoms with Crippen molar-refractivity contribution in [2.45, 2.75) is 12.2 Å². The molecule has 0 amide bonds. The van der Waals surface area contributed by atoms with Crippen LogP contribution in [-0.4, -0.2) is 33.0 Å². The van der Waals surface area contributed by atoms with Crippen molar-refractivity contribution >= 4 is 9.84 Å². The quantitative estimate of drug-likeness (QED) is 0.482. The topological polar surface area (TPSA) is 46.2 Å². The van der Waals surface area contributed by atoms with E-state index < -0.39 is 9.84 Å². The Hall–Kier alpha value is -0.350. The van der Waals surface area contributed by atoms with Gasteiger partial charge in [-0.3, -0.25) is 0 Å². The highest BCUT2D eigenvalue weighted by Crippen LogP contribution is 1.94. The van der Waals surface area contributed by atoms with Crippen molar-refractivity contribution in [1.82, 2.24) is 5.32 Å². The van der Waals surface area contributed by atoms with E-state index >= 15 is 0 Å². The van der Waals surface area contributed by atoms with E-state index in [0.29, 0.717) is 13.1 Å². The van der Waals surface area contributed by atoms with Crippen LogP contribution in [0.4, 0.5) is 0 Å². The van der Waals surface area contributed by atoms with E-state index in [1.165, 1.54) is 6.26 Å². The number of hydrogen-bond acceptors (Lipinski definition) is 3. The Kier molecular flexibility index (Phi) is 4.37. The number of rotatable bonds is 5. The molecule has 4 heteroatoms. The number of hydrogen-bond donors (Lipinski definition) is 1. The SMILES string of the molecule is C=CCNCC(C)S(C)(=O)=O. The summed E-state index contributed by atoms with van der Waals surface area (Å²) in [5.74, 6) is 0. The molecule has 0 aliphatic rings. The predicted molar refractivity (Wildman–Crippen MR) is 47.4 cm³/mol. The second-order valence-electron chi connectivity index (χ2n) is 2.59. The fourth-order valence-corrected chi connectivity index (χ4v) is 0.961. The van der Waals surface area contributed by atoms with E-state index in [2.05, 4.69) is 11.9 Å². The maximum atomic E-state index is 10.9. The molecule has 0 radical (unpaired) electrons. The van der Waals surface area contributed by atoms with Gasteiger partial charge in [0, 0.05) is 19.3 Å². The van der Waals surface area contributed by atoms with Crippen LogP contribution >= 0.6 is 0 Å². The van der Waals surface area contributed by atoms with Crippen molar-refractivity contribution in [2.75, 3.05) is 19.3 Å². The summed E-state index contributed by atoms with van der Waals surface area (Å²) in [4.78, 5) is 0. The maximum Gasteiger partial charge on any atom is 0.151 e. The molecule has 0 heterocycles. The lowest BCUT2D eigenvalue weighted by Crippen LogP contribution is -2.30. The van der Waals surface area contributed by atoms with E-state index in [-0.39, 0.29) is 5.25 Å². The Morgan fingerprint density at radius 2 is 2.18 bits per heavy atom. The fraction of sp³-hybridized carbons (Fsp3) is 0.714. The maximum absolute atomic E-state index is 10.9. The van der Waals surface area contributed by atoms with Crippen LogP contribution in [0.5, 0.6) is 0 Å². The summed E-state index contributed by atoms with van der Waals surface area (Å²) in [6.07, 6.45) is 2.95. The molecule has 0 bridgehead atoms. The smallest absolute Gasteiger partial charge is 0.151 e. The Morgan fingerprint density at radius 3 is 2.55 bits per heavy atom. The van der Waals surface area contributed by atoms with E-state index in [1.54, 1.807) is 13.0 Å². The number of sulfone groups is 1. The molecule has 0 aliphatic heterocycles. The molecule has 66 valence electrons. The molecular formula is C7H15NO2S. The highest BCUT2D eigenvalue weighted by Gasteiger charge is 2.12. The first kappa shape index (κ1) is 10.7. The van der Waals surface area contributed by atoms with Crippen LogP contribution in [0.2, 0.25) is 0 Å². The van der Waals surface area contributed by atoms with Gasteiger partial charge in [-0.05, 0) is 6.92 Å². The number of nitrogens with one attached hydrogen (secondary N) is 1. The van der Waals surface area contributed by atoms with Gasteiger partial charge in [0.1, 0.15) is 0 Å². The van der Waals surface area contributed by atoms with Crippen molar-refractivity contribution < 1.29 is 8.42 Å². The standard InChI is InChI=1S/C7H15NO2S/c1-4-5-8-6-7(2)11(3,9)10/h4,7-8H,1,5-6H2,2-3H3. The summed E-state index contributed by atoms with van der Waals surface area (Å²) in [6.45, 7) is 6.34. The van der Waals surface area contributed by atoms with Crippen molar-refractivity contribution in [3.63, 3.8) is 0 Å². The summed E-state index contributed by atoms with van der Waals surface area (Å²) in [5.41, 5.74) is 0. The zero-order chi connectivity index (χ0) is 8.91. The van der Waals surface area contributed by atoms with Gasteiger partial charge >= 0.3 is 0 Å². The fourth-order valence-electron chi connectivity index (χ4n) is 0.540. The van der Waals surface area contributed by atoms with Crippen molar-refractivity contribution in [2.24, 2.45) is 0 Å². The molecule has 0 spiro atoms. The first-order valence-corrected chi connectivity index (χ1v) is 5.44. The van der Waals surface area contributed by atoms with Gasteiger partial charge in [0.25, 0.3) is 0 Å². The van der Waals surface area contributed by atoms with Crippen molar-refractivity contribution in [1.29, 1.82) is 0 Å². The molecule has 1 unspecified atom stereocenters. The molecule has 1 N–H and O–H groups in total. The molecule has 0 aromatic carbocycles. The minimum atomic E-state index is -2.88. The van der Waals surface area contributed by atoms with Crippen LogP contribution < -0.4 is 5.32 Å². The summed E-state index contributed by atoms with van der Waals surface area (Å²) in [5, 5.41) is 2.63. The van der Waals surface area contributed by atoms with Crippen molar-refractivity contribution in [3.05, 3.63) is 12.7 Å². The van der Waals surface area contributed by atoms with Gasteiger partial charge in [-0.1, -0.05) is 6.08 Å². The average Bonchev–Trinajstić information content (AvgIpc) is 1.86. The normalized spacial score (nSPS) is 14.4. The first-order valence-electron chi connectivity index (χ1n) is 3.49. The molecule has 0 rings (SSSR count). The van der Waals surface area contributed by atoms with Crippen LogP contribution in [0, 0.1) is 0 Å². The zero-order valence-electron chi connectivity index (χ0n) is 7.00. The first-order chi connectivity index (χ1) is 4.98. The highest BCUT2D eigenvalue weighted by molar-refractivity contribution is 7.91. The second-order valence-corrected chi connectivity index (χ2v) is 5.05. The third-order valence-electron chi connectivity index (χ3n) is 1.45. The molecule has 11 heavy (non-hydrogen) atoms. The Balaban J connectivity index is 3.70. The van der Waals surface area contributed by atoms with E-state index in [0.717, 1.165) is 0 Å². The van der Waals surface area contributed by atoms with Gasteiger partial charge in [-0.2, -0.15) is 0 Å². The lowest BCUT2D eigenvalue weighted by atomic mass is 10.4. The Bertz CT molecular complexity index is 208. The monoisotopic (exact) mass is 177 g/mol. The largest absolute Gasteiger partial charge is 0.312 e. The average molecular weight is 177 g/mol. The molecule has 0 aromatic rings. The molecule has 0 fully saturated rings. The minimum Gasteiger partial charge on any atom is -0.312 e. The lowest BCUT2D eigenvalue weighted by Gasteiger charge is -2.08. The Morgan fingerprint density at radius 1 is 1.64 bits per heavy atom. The van der Waals surface area contributed by atoms with Gasteiger partial charge in [0.2, 0.25) is 0 Å². The molecular weight excluding hydrogens is 162 g/mol. The van der Waals surface area contributed by atoms with Crippen LogP contribution in [-0.2, 0) is 9.84 Å². The second kappa shape index (κ2) is 4.51. The summed E-state index contributed by atoms with van der Waals surface area (Å²) in [6, 6.07) is 0. The summed E-state index contributed by atoms with van der Waals surface area (Å²) >= 11 is 0. The van der Waals surface area contributed by atoms with Crippen LogP contribution in [0.15, 0.2) is 12.7 Å². The predicted octanol–water partition coefficient (Wildman–Crippen LogP) is 0.195. The molecule has 0 aromatic heterocycles. The van der Waals surface area contributed by atoms with Gasteiger partial charge in [0.15, 0.2) is 9.84 Å².